The van der Waals surface area contributed by atoms with Crippen LogP contribution in [0.1, 0.15) is 103 Å². The van der Waals surface area contributed by atoms with E-state index in [2.05, 4.69) is 78.7 Å². The number of rotatable bonds is 7. The van der Waals surface area contributed by atoms with Gasteiger partial charge in [-0.25, -0.2) is 24.9 Å². The zero-order chi connectivity index (χ0) is 57.4. The Bertz CT molecular complexity index is 3810. The van der Waals surface area contributed by atoms with Crippen LogP contribution >= 0.6 is 109 Å². The quantitative estimate of drug-likeness (QED) is 0.0765. The molecular formula is C56H63Cl6N10O7PS3. The summed E-state index contributed by atoms with van der Waals surface area (Å²) in [6.07, 6.45) is 14.2. The fraction of sp³-hybridized carbons (Fsp3) is 0.411. The molecule has 444 valence electrons. The molecule has 0 atom stereocenters. The first-order valence-electron chi connectivity index (χ1n) is 26.7. The van der Waals surface area contributed by atoms with Crippen molar-refractivity contribution >= 4 is 193 Å². The molecule has 2 saturated heterocycles. The molecule has 4 fully saturated rings. The number of nitrogens with two attached hydrogens (primary N) is 1. The Hall–Kier alpha value is -4.06. The highest BCUT2D eigenvalue weighted by atomic mass is 36.0. The summed E-state index contributed by atoms with van der Waals surface area (Å²) >= 11 is 24.6. The first-order chi connectivity index (χ1) is 38.9. The molecule has 17 nitrogen and oxygen atoms in total. The van der Waals surface area contributed by atoms with Crippen molar-refractivity contribution in [3.63, 3.8) is 0 Å². The summed E-state index contributed by atoms with van der Waals surface area (Å²) < 4.78 is 23.5. The highest BCUT2D eigenvalue weighted by molar-refractivity contribution is 8.24. The Morgan fingerprint density at radius 3 is 1.46 bits per heavy atom. The number of halogens is 6. The minimum absolute atomic E-state index is 0. The summed E-state index contributed by atoms with van der Waals surface area (Å²) in [4.78, 5) is 77.9. The number of fused-ring (bicyclic) bond motifs is 9. The number of hydrogen-bond acceptors (Lipinski definition) is 19. The fourth-order valence-electron chi connectivity index (χ4n) is 10.7. The van der Waals surface area contributed by atoms with E-state index in [-0.39, 0.29) is 47.7 Å². The van der Waals surface area contributed by atoms with Gasteiger partial charge in [-0.1, -0.05) is 11.6 Å². The molecule has 2 aliphatic heterocycles. The number of carbonyl (C=O) groups excluding carboxylic acids is 3. The summed E-state index contributed by atoms with van der Waals surface area (Å²) in [6, 6.07) is 19.3. The predicted molar refractivity (Wildman–Crippen MR) is 347 cm³/mol. The Labute approximate surface area is 523 Å². The van der Waals surface area contributed by atoms with E-state index in [1.807, 2.05) is 42.5 Å². The van der Waals surface area contributed by atoms with Crippen LogP contribution in [0.25, 0.3) is 60.9 Å². The molecule has 0 spiro atoms. The SMILES string of the molecule is CC(=O)c1ccc2sc3nc[nH]c(=O)c3c2c1.CC(=O)c1ccc2sc3ncnc(Cl)c3c2c1.CC(=O)c1ccc2sc3ncnc(NC4CCC(N5CCOCC5)CC4)c3c2c1.Cl.Cl.NC1CCC(N2CCOCC2)CC1.O=P(Cl)(Cl)Cl. The first kappa shape index (κ1) is 66.5. The van der Waals surface area contributed by atoms with Gasteiger partial charge >= 0.3 is 5.20 Å². The highest BCUT2D eigenvalue weighted by Gasteiger charge is 2.28. The molecule has 9 aromatic rings. The molecule has 0 unspecified atom stereocenters. The van der Waals surface area contributed by atoms with Crippen molar-refractivity contribution in [1.29, 1.82) is 0 Å². The van der Waals surface area contributed by atoms with Gasteiger partial charge in [0.05, 0.1) is 48.9 Å². The van der Waals surface area contributed by atoms with Crippen LogP contribution in [-0.2, 0) is 14.0 Å². The van der Waals surface area contributed by atoms with Crippen molar-refractivity contribution < 1.29 is 28.4 Å². The van der Waals surface area contributed by atoms with Crippen LogP contribution in [0.4, 0.5) is 5.82 Å². The molecule has 2 aliphatic carbocycles. The van der Waals surface area contributed by atoms with Crippen LogP contribution in [0, 0.1) is 0 Å². The number of ether oxygens (including phenoxy) is 2. The van der Waals surface area contributed by atoms with Gasteiger partial charge in [-0.05, 0) is 160 Å². The smallest absolute Gasteiger partial charge is 0.339 e. The van der Waals surface area contributed by atoms with Gasteiger partial charge in [0.15, 0.2) is 17.3 Å². The molecule has 0 radical (unpaired) electrons. The molecule has 0 amide bonds. The first-order valence-corrected chi connectivity index (χ1v) is 33.9. The lowest BCUT2D eigenvalue weighted by molar-refractivity contribution is 0.00749. The maximum Gasteiger partial charge on any atom is 0.339 e. The van der Waals surface area contributed by atoms with E-state index >= 15 is 0 Å². The van der Waals surface area contributed by atoms with E-state index in [0.717, 1.165) is 134 Å². The van der Waals surface area contributed by atoms with Crippen molar-refractivity contribution in [3.05, 3.63) is 106 Å². The van der Waals surface area contributed by atoms with E-state index in [9.17, 15) is 23.7 Å². The Kier molecular flexibility index (Phi) is 24.4. The molecule has 83 heavy (non-hydrogen) atoms. The largest absolute Gasteiger partial charge is 0.379 e. The van der Waals surface area contributed by atoms with Gasteiger partial charge in [-0.15, -0.1) is 58.8 Å². The van der Waals surface area contributed by atoms with Crippen molar-refractivity contribution in [2.24, 2.45) is 5.73 Å². The number of H-pyrrole nitrogens is 1. The van der Waals surface area contributed by atoms with E-state index in [4.69, 9.17) is 26.8 Å². The number of morpholine rings is 2. The second-order valence-electron chi connectivity index (χ2n) is 20.2. The Balaban J connectivity index is 0.000000160. The lowest BCUT2D eigenvalue weighted by atomic mass is 9.90. The number of nitrogens with one attached hydrogen (secondary N) is 2. The molecule has 13 rings (SSSR count). The number of ketones is 3. The van der Waals surface area contributed by atoms with E-state index in [1.54, 1.807) is 55.0 Å². The number of aromatic nitrogens is 6. The van der Waals surface area contributed by atoms with E-state index < -0.39 is 5.20 Å². The van der Waals surface area contributed by atoms with Gasteiger partial charge in [-0.3, -0.25) is 33.5 Å². The van der Waals surface area contributed by atoms with Gasteiger partial charge in [0, 0.05) is 97.3 Å². The molecule has 2 saturated carbocycles. The zero-order valence-corrected chi connectivity index (χ0v) is 53.6. The third kappa shape index (κ3) is 17.4. The van der Waals surface area contributed by atoms with Gasteiger partial charge in [0.2, 0.25) is 0 Å². The molecule has 4 N–H and O–H groups in total. The zero-order valence-electron chi connectivity index (χ0n) is 45.6. The standard InChI is InChI=1S/C22H26N4O2S.C12H7ClN2OS.C12H8N2O2S.C10H20N2O.Cl3OP.2ClH/c1-14(27)15-2-7-19-18(12-15)20-21(23-13-24-22(20)29-19)25-16-3-5-17(6-4-16)26-8-10-28-11-9-26;1-6(16)7-2-3-9-8(4-7)10-11(13)14-5-15-12(10)17-9;1-6(15)7-2-3-9-8(4-7)10-11(16)13-5-14-12(10)17-9;11-9-1-3-10(4-2-9)12-5-7-13-8-6-12;1-5(2,3)4;;/h2,7,12-13,16-17H,3-6,8-11H2,1H3,(H,23,24,25);2-5H,1H3;2-5H,1H3,(H,13,14,16);9-10H,1-8,11H2;;2*1H. The van der Waals surface area contributed by atoms with E-state index in [1.165, 1.54) is 69.4 Å². The third-order valence-corrected chi connectivity index (χ3v) is 18.4. The predicted octanol–water partition coefficient (Wildman–Crippen LogP) is 14.4. The highest BCUT2D eigenvalue weighted by Crippen LogP contribution is 2.61. The number of carbonyl (C=O) groups is 3. The van der Waals surface area contributed by atoms with Gasteiger partial charge in [-0.2, -0.15) is 0 Å². The maximum absolute atomic E-state index is 11.9. The maximum atomic E-state index is 11.9. The summed E-state index contributed by atoms with van der Waals surface area (Å²) in [5.41, 5.74) is 7.74. The van der Waals surface area contributed by atoms with Crippen LogP contribution in [0.5, 0.6) is 0 Å². The van der Waals surface area contributed by atoms with Gasteiger partial charge < -0.3 is 25.5 Å². The van der Waals surface area contributed by atoms with Crippen LogP contribution in [-0.4, -0.2) is 134 Å². The Morgan fingerprint density at radius 1 is 0.602 bits per heavy atom. The minimum Gasteiger partial charge on any atom is -0.379 e. The molecule has 3 aromatic carbocycles. The van der Waals surface area contributed by atoms with Crippen molar-refractivity contribution in [3.8, 4) is 0 Å². The van der Waals surface area contributed by atoms with Crippen LogP contribution in [0.15, 0.2) is 78.4 Å². The summed E-state index contributed by atoms with van der Waals surface area (Å²) in [5, 5.41) is 6.17. The topological polar surface area (TPSA) is 229 Å². The van der Waals surface area contributed by atoms with Crippen LogP contribution in [0.3, 0.4) is 0 Å². The average Bonchev–Trinajstić information content (AvgIpc) is 2.80. The lowest BCUT2D eigenvalue weighted by Gasteiger charge is -2.39. The second kappa shape index (κ2) is 30.5. The number of Topliss-reactive ketones (excluding diaryl/α,β-unsaturated/α-hetero) is 3. The summed E-state index contributed by atoms with van der Waals surface area (Å²) in [6.45, 7) is 12.6. The number of hydrogen-bond donors (Lipinski definition) is 3. The molecule has 6 aromatic heterocycles. The number of aromatic amines is 1. The molecule has 27 heteroatoms. The number of nitrogens with zero attached hydrogens (tertiary/aromatic N) is 7. The number of anilines is 1. The molecule has 0 bridgehead atoms. The van der Waals surface area contributed by atoms with Gasteiger partial charge in [0.1, 0.15) is 38.1 Å². The molecule has 4 aliphatic rings. The second-order valence-corrected chi connectivity index (χ2v) is 30.3. The van der Waals surface area contributed by atoms with Crippen LogP contribution in [0.2, 0.25) is 5.15 Å². The number of thiophene rings is 3. The van der Waals surface area contributed by atoms with Crippen molar-refractivity contribution in [2.75, 3.05) is 57.9 Å². The monoisotopic (exact) mass is 1320 g/mol. The van der Waals surface area contributed by atoms with Crippen molar-refractivity contribution in [2.45, 2.75) is 96.3 Å². The summed E-state index contributed by atoms with van der Waals surface area (Å²) in [7, 11) is 0. The summed E-state index contributed by atoms with van der Waals surface area (Å²) in [5.74, 6) is 1.02. The average molecular weight is 1330 g/mol. The van der Waals surface area contributed by atoms with Crippen LogP contribution < -0.4 is 16.6 Å². The van der Waals surface area contributed by atoms with Crippen molar-refractivity contribution in [1.82, 2.24) is 39.7 Å². The molecule has 8 heterocycles. The Morgan fingerprint density at radius 2 is 1.00 bits per heavy atom. The lowest BCUT2D eigenvalue weighted by Crippen LogP contribution is -2.46. The fourth-order valence-corrected chi connectivity index (χ4v) is 14.1. The minimum atomic E-state index is -3.22. The molecular weight excluding hydrogens is 1260 g/mol. The normalized spacial score (nSPS) is 19.4. The van der Waals surface area contributed by atoms with Gasteiger partial charge in [0.25, 0.3) is 5.56 Å². The third-order valence-electron chi connectivity index (χ3n) is 14.9. The van der Waals surface area contributed by atoms with E-state index in [0.29, 0.717) is 44.6 Å². The number of benzene rings is 3.